The van der Waals surface area contributed by atoms with Crippen LogP contribution in [-0.2, 0) is 9.53 Å². The summed E-state index contributed by atoms with van der Waals surface area (Å²) >= 11 is 0. The van der Waals surface area contributed by atoms with Gasteiger partial charge in [-0.15, -0.1) is 0 Å². The highest BCUT2D eigenvalue weighted by molar-refractivity contribution is 5.76. The van der Waals surface area contributed by atoms with E-state index in [0.29, 0.717) is 34.1 Å². The maximum Gasteiger partial charge on any atom is 0.312 e. The van der Waals surface area contributed by atoms with Gasteiger partial charge < -0.3 is 33.9 Å². The fourth-order valence-corrected chi connectivity index (χ4v) is 3.79. The summed E-state index contributed by atoms with van der Waals surface area (Å²) in [6.07, 6.45) is -2.21. The van der Waals surface area contributed by atoms with E-state index in [1.165, 1.54) is 14.2 Å². The minimum absolute atomic E-state index is 0.000618. The van der Waals surface area contributed by atoms with E-state index in [4.69, 9.17) is 23.7 Å². The summed E-state index contributed by atoms with van der Waals surface area (Å²) in [5, 5.41) is 21.9. The van der Waals surface area contributed by atoms with Crippen molar-refractivity contribution in [2.24, 2.45) is 11.8 Å². The van der Waals surface area contributed by atoms with Crippen molar-refractivity contribution in [3.05, 3.63) is 47.5 Å². The fraction of sp³-hybridized carbons (Fsp3) is 0.381. The molecule has 8 nitrogen and oxygen atoms in total. The van der Waals surface area contributed by atoms with Crippen molar-refractivity contribution in [3.63, 3.8) is 0 Å². The molecule has 2 aliphatic rings. The molecule has 0 amide bonds. The summed E-state index contributed by atoms with van der Waals surface area (Å²) in [5.41, 5.74) is 1.02. The second kappa shape index (κ2) is 7.81. The van der Waals surface area contributed by atoms with Crippen molar-refractivity contribution >= 4 is 5.97 Å². The van der Waals surface area contributed by atoms with E-state index in [1.807, 2.05) is 0 Å². The molecule has 0 unspecified atom stereocenters. The highest BCUT2D eigenvalue weighted by Gasteiger charge is 2.46. The Morgan fingerprint density at radius 2 is 1.59 bits per heavy atom. The summed E-state index contributed by atoms with van der Waals surface area (Å²) in [4.78, 5) is 12.4. The molecule has 2 N–H and O–H groups in total. The van der Waals surface area contributed by atoms with Crippen molar-refractivity contribution in [1.29, 1.82) is 0 Å². The molecule has 0 saturated carbocycles. The third kappa shape index (κ3) is 3.45. The Bertz CT molecular complexity index is 912. The van der Waals surface area contributed by atoms with Gasteiger partial charge >= 0.3 is 5.97 Å². The Morgan fingerprint density at radius 3 is 2.34 bits per heavy atom. The zero-order valence-electron chi connectivity index (χ0n) is 16.0. The summed E-state index contributed by atoms with van der Waals surface area (Å²) in [7, 11) is 3.03. The van der Waals surface area contributed by atoms with E-state index in [0.717, 1.165) is 0 Å². The molecule has 29 heavy (non-hydrogen) atoms. The van der Waals surface area contributed by atoms with Crippen molar-refractivity contribution in [2.75, 3.05) is 27.6 Å². The van der Waals surface area contributed by atoms with Gasteiger partial charge in [0, 0.05) is 5.92 Å². The van der Waals surface area contributed by atoms with E-state index < -0.39 is 30.0 Å². The van der Waals surface area contributed by atoms with E-state index in [9.17, 15) is 15.0 Å². The van der Waals surface area contributed by atoms with E-state index in [-0.39, 0.29) is 13.4 Å². The standard InChI is InChI=1S/C21H22O8/c1-25-14-5-3-11(7-16(14)26-2)19(22)13-9-27-21(24)18(13)20(23)12-4-6-15-17(8-12)29-10-28-15/h3-8,13,18-20,22-23H,9-10H2,1-2H3/t13-,18-,19+,20+/m1/s1. The maximum absolute atomic E-state index is 12.4. The average Bonchev–Trinajstić information content (AvgIpc) is 3.37. The third-order valence-corrected chi connectivity index (χ3v) is 5.38. The van der Waals surface area contributed by atoms with Crippen LogP contribution in [0.1, 0.15) is 23.3 Å². The van der Waals surface area contributed by atoms with Gasteiger partial charge in [0.15, 0.2) is 23.0 Å². The Hall–Kier alpha value is -2.97. The highest BCUT2D eigenvalue weighted by Crippen LogP contribution is 2.44. The molecule has 2 aromatic rings. The number of carbonyl (C=O) groups is 1. The lowest BCUT2D eigenvalue weighted by atomic mass is 9.81. The summed E-state index contributed by atoms with van der Waals surface area (Å²) in [6, 6.07) is 10.0. The van der Waals surface area contributed by atoms with Crippen molar-refractivity contribution in [2.45, 2.75) is 12.2 Å². The smallest absolute Gasteiger partial charge is 0.312 e. The quantitative estimate of drug-likeness (QED) is 0.707. The first kappa shape index (κ1) is 19.4. The van der Waals surface area contributed by atoms with Gasteiger partial charge in [0.25, 0.3) is 0 Å². The second-order valence-electron chi connectivity index (χ2n) is 6.94. The van der Waals surface area contributed by atoms with E-state index >= 15 is 0 Å². The summed E-state index contributed by atoms with van der Waals surface area (Å²) < 4.78 is 26.3. The van der Waals surface area contributed by atoms with Crippen LogP contribution in [0.15, 0.2) is 36.4 Å². The Kier molecular flexibility index (Phi) is 5.21. The zero-order valence-corrected chi connectivity index (χ0v) is 16.0. The summed E-state index contributed by atoms with van der Waals surface area (Å²) in [5.74, 6) is -0.0535. The van der Waals surface area contributed by atoms with Crippen LogP contribution >= 0.6 is 0 Å². The molecule has 0 aliphatic carbocycles. The van der Waals surface area contributed by atoms with Gasteiger partial charge in [-0.05, 0) is 35.4 Å². The number of aliphatic hydroxyl groups is 2. The third-order valence-electron chi connectivity index (χ3n) is 5.38. The predicted molar refractivity (Wildman–Crippen MR) is 100.0 cm³/mol. The Morgan fingerprint density at radius 1 is 0.897 bits per heavy atom. The highest BCUT2D eigenvalue weighted by atomic mass is 16.7. The Balaban J connectivity index is 1.61. The molecular weight excluding hydrogens is 380 g/mol. The molecular formula is C21H22O8. The zero-order chi connectivity index (χ0) is 20.5. The molecule has 0 bridgehead atoms. The molecule has 154 valence electrons. The number of esters is 1. The average molecular weight is 402 g/mol. The minimum atomic E-state index is -1.17. The minimum Gasteiger partial charge on any atom is -0.493 e. The van der Waals surface area contributed by atoms with Crippen LogP contribution in [0.3, 0.4) is 0 Å². The van der Waals surface area contributed by atoms with Crippen molar-refractivity contribution in [3.8, 4) is 23.0 Å². The molecule has 2 aromatic carbocycles. The van der Waals surface area contributed by atoms with E-state index in [1.54, 1.807) is 36.4 Å². The van der Waals surface area contributed by atoms with Crippen LogP contribution in [0.5, 0.6) is 23.0 Å². The summed E-state index contributed by atoms with van der Waals surface area (Å²) in [6.45, 7) is 0.113. The molecule has 0 aromatic heterocycles. The lowest BCUT2D eigenvalue weighted by Gasteiger charge is -2.25. The number of hydrogen-bond acceptors (Lipinski definition) is 8. The van der Waals surface area contributed by atoms with Crippen LogP contribution in [0.2, 0.25) is 0 Å². The van der Waals surface area contributed by atoms with Crippen LogP contribution in [0.4, 0.5) is 0 Å². The molecule has 1 saturated heterocycles. The number of carbonyl (C=O) groups excluding carboxylic acids is 1. The normalized spacial score (nSPS) is 22.1. The molecule has 4 atom stereocenters. The number of rotatable bonds is 6. The van der Waals surface area contributed by atoms with E-state index in [2.05, 4.69) is 0 Å². The molecule has 0 radical (unpaired) electrons. The van der Waals surface area contributed by atoms with Gasteiger partial charge in [-0.2, -0.15) is 0 Å². The lowest BCUT2D eigenvalue weighted by Crippen LogP contribution is -2.28. The van der Waals surface area contributed by atoms with Crippen LogP contribution in [-0.4, -0.2) is 43.8 Å². The molecule has 8 heteroatoms. The first-order valence-corrected chi connectivity index (χ1v) is 9.17. The monoisotopic (exact) mass is 402 g/mol. The van der Waals surface area contributed by atoms with Crippen LogP contribution < -0.4 is 18.9 Å². The second-order valence-corrected chi connectivity index (χ2v) is 6.94. The van der Waals surface area contributed by atoms with Gasteiger partial charge in [0.1, 0.15) is 0 Å². The van der Waals surface area contributed by atoms with Gasteiger partial charge in [-0.3, -0.25) is 4.79 Å². The fourth-order valence-electron chi connectivity index (χ4n) is 3.79. The lowest BCUT2D eigenvalue weighted by molar-refractivity contribution is -0.144. The number of fused-ring (bicyclic) bond motifs is 1. The SMILES string of the molecule is COc1ccc([C@H](O)[C@@H]2COC(=O)[C@H]2[C@@H](O)c2ccc3c(c2)OCO3)cc1OC. The Labute approximate surface area is 167 Å². The number of hydrogen-bond donors (Lipinski definition) is 2. The van der Waals surface area contributed by atoms with Gasteiger partial charge in [0.05, 0.1) is 39.0 Å². The number of methoxy groups -OCH3 is 2. The number of cyclic esters (lactones) is 1. The van der Waals surface area contributed by atoms with Gasteiger partial charge in [-0.25, -0.2) is 0 Å². The molecule has 0 spiro atoms. The topological polar surface area (TPSA) is 104 Å². The number of benzene rings is 2. The van der Waals surface area contributed by atoms with Gasteiger partial charge in [-0.1, -0.05) is 12.1 Å². The molecule has 1 fully saturated rings. The van der Waals surface area contributed by atoms with Crippen molar-refractivity contribution < 1.29 is 38.7 Å². The maximum atomic E-state index is 12.4. The largest absolute Gasteiger partial charge is 0.493 e. The van der Waals surface area contributed by atoms with Crippen molar-refractivity contribution in [1.82, 2.24) is 0 Å². The first-order chi connectivity index (χ1) is 14.0. The molecule has 4 rings (SSSR count). The van der Waals surface area contributed by atoms with Gasteiger partial charge in [0.2, 0.25) is 6.79 Å². The molecule has 2 heterocycles. The number of aliphatic hydroxyl groups excluding tert-OH is 2. The van der Waals surface area contributed by atoms with Crippen LogP contribution in [0.25, 0.3) is 0 Å². The number of ether oxygens (including phenoxy) is 5. The predicted octanol–water partition coefficient (Wildman–Crippen LogP) is 1.99. The molecule has 2 aliphatic heterocycles. The van der Waals surface area contributed by atoms with Crippen LogP contribution in [0, 0.1) is 11.8 Å². The first-order valence-electron chi connectivity index (χ1n) is 9.17.